The zero-order valence-electron chi connectivity index (χ0n) is 18.8. The number of ether oxygens (including phenoxy) is 1. The molecule has 31 heavy (non-hydrogen) atoms. The van der Waals surface area contributed by atoms with Gasteiger partial charge >= 0.3 is 0 Å². The molecule has 2 aromatic carbocycles. The zero-order valence-corrected chi connectivity index (χ0v) is 18.8. The molecule has 0 spiro atoms. The number of carbonyl (C=O) groups excluding carboxylic acids is 1. The van der Waals surface area contributed by atoms with Gasteiger partial charge in [0.15, 0.2) is 0 Å². The molecular weight excluding hydrogens is 393 g/mol. The van der Waals surface area contributed by atoms with Crippen LogP contribution in [-0.2, 0) is 11.3 Å². The van der Waals surface area contributed by atoms with Crippen LogP contribution in [0.5, 0.6) is 5.75 Å². The predicted octanol–water partition coefficient (Wildman–Crippen LogP) is 3.86. The summed E-state index contributed by atoms with van der Waals surface area (Å²) < 4.78 is 18.4. The SMILES string of the molecule is COc1ccc(C(NC(=O)CN2CCCN(Cc3ccc(F)cc3)CC2)C(C)C)cc1. The van der Waals surface area contributed by atoms with Crippen LogP contribution in [0.25, 0.3) is 0 Å². The Kier molecular flexibility index (Phi) is 8.43. The van der Waals surface area contributed by atoms with Gasteiger partial charge in [-0.05, 0) is 60.8 Å². The minimum Gasteiger partial charge on any atom is -0.497 e. The maximum atomic E-state index is 13.1. The van der Waals surface area contributed by atoms with E-state index < -0.39 is 0 Å². The second-order valence-corrected chi connectivity index (χ2v) is 8.59. The van der Waals surface area contributed by atoms with Crippen molar-refractivity contribution in [1.29, 1.82) is 0 Å². The first-order chi connectivity index (χ1) is 14.9. The summed E-state index contributed by atoms with van der Waals surface area (Å²) in [5.41, 5.74) is 2.21. The minimum absolute atomic E-state index is 0.0274. The van der Waals surface area contributed by atoms with E-state index in [0.29, 0.717) is 6.54 Å². The van der Waals surface area contributed by atoms with E-state index in [4.69, 9.17) is 4.74 Å². The van der Waals surface area contributed by atoms with Crippen molar-refractivity contribution in [2.45, 2.75) is 32.9 Å². The molecule has 1 fully saturated rings. The van der Waals surface area contributed by atoms with Gasteiger partial charge in [0.05, 0.1) is 19.7 Å². The van der Waals surface area contributed by atoms with E-state index >= 15 is 0 Å². The molecule has 0 saturated carbocycles. The number of hydrogen-bond donors (Lipinski definition) is 1. The second-order valence-electron chi connectivity index (χ2n) is 8.59. The highest BCUT2D eigenvalue weighted by Gasteiger charge is 2.21. The number of carbonyl (C=O) groups is 1. The maximum Gasteiger partial charge on any atom is 0.234 e. The van der Waals surface area contributed by atoms with Crippen LogP contribution < -0.4 is 10.1 Å². The first kappa shape index (κ1) is 23.2. The van der Waals surface area contributed by atoms with E-state index in [-0.39, 0.29) is 23.7 Å². The summed E-state index contributed by atoms with van der Waals surface area (Å²) in [7, 11) is 1.65. The smallest absolute Gasteiger partial charge is 0.234 e. The molecule has 0 bridgehead atoms. The highest BCUT2D eigenvalue weighted by molar-refractivity contribution is 5.78. The third-order valence-electron chi connectivity index (χ3n) is 5.83. The van der Waals surface area contributed by atoms with Crippen molar-refractivity contribution in [3.05, 3.63) is 65.5 Å². The quantitative estimate of drug-likeness (QED) is 0.695. The van der Waals surface area contributed by atoms with Gasteiger partial charge in [-0.3, -0.25) is 14.6 Å². The maximum absolute atomic E-state index is 13.1. The first-order valence-corrected chi connectivity index (χ1v) is 11.1. The van der Waals surface area contributed by atoms with Crippen LogP contribution >= 0.6 is 0 Å². The van der Waals surface area contributed by atoms with E-state index in [0.717, 1.165) is 56.0 Å². The summed E-state index contributed by atoms with van der Waals surface area (Å²) in [4.78, 5) is 17.4. The van der Waals surface area contributed by atoms with Crippen molar-refractivity contribution in [2.75, 3.05) is 39.8 Å². The van der Waals surface area contributed by atoms with Crippen LogP contribution in [0.3, 0.4) is 0 Å². The Labute approximate surface area is 185 Å². The van der Waals surface area contributed by atoms with Crippen LogP contribution in [0.4, 0.5) is 4.39 Å². The summed E-state index contributed by atoms with van der Waals surface area (Å²) in [5.74, 6) is 0.952. The monoisotopic (exact) mass is 427 g/mol. The number of nitrogens with zero attached hydrogens (tertiary/aromatic N) is 2. The van der Waals surface area contributed by atoms with Crippen LogP contribution in [0.1, 0.15) is 37.4 Å². The molecule has 1 N–H and O–H groups in total. The van der Waals surface area contributed by atoms with Gasteiger partial charge in [0.2, 0.25) is 5.91 Å². The first-order valence-electron chi connectivity index (χ1n) is 11.1. The standard InChI is InChI=1S/C25H34FN3O2/c1-19(2)25(21-7-11-23(31-3)12-8-21)27-24(30)18-29-14-4-13-28(15-16-29)17-20-5-9-22(26)10-6-20/h5-12,19,25H,4,13-18H2,1-3H3,(H,27,30). The fourth-order valence-corrected chi connectivity index (χ4v) is 4.06. The molecule has 6 heteroatoms. The van der Waals surface area contributed by atoms with Gasteiger partial charge in [0.1, 0.15) is 11.6 Å². The van der Waals surface area contributed by atoms with E-state index in [2.05, 4.69) is 29.0 Å². The molecule has 168 valence electrons. The highest BCUT2D eigenvalue weighted by Crippen LogP contribution is 2.24. The molecule has 3 rings (SSSR count). The third-order valence-corrected chi connectivity index (χ3v) is 5.83. The largest absolute Gasteiger partial charge is 0.497 e. The Morgan fingerprint density at radius 1 is 1.00 bits per heavy atom. The number of nitrogens with one attached hydrogen (secondary N) is 1. The number of hydrogen-bond acceptors (Lipinski definition) is 4. The minimum atomic E-state index is -0.203. The summed E-state index contributed by atoms with van der Waals surface area (Å²) >= 11 is 0. The molecule has 0 aromatic heterocycles. The molecule has 0 aliphatic carbocycles. The average Bonchev–Trinajstić information content (AvgIpc) is 2.98. The van der Waals surface area contributed by atoms with E-state index in [1.54, 1.807) is 7.11 Å². The lowest BCUT2D eigenvalue weighted by Gasteiger charge is -2.26. The van der Waals surface area contributed by atoms with Gasteiger partial charge in [-0.1, -0.05) is 38.1 Å². The summed E-state index contributed by atoms with van der Waals surface area (Å²) in [6.45, 7) is 9.10. The molecule has 1 aliphatic heterocycles. The van der Waals surface area contributed by atoms with E-state index in [1.165, 1.54) is 12.1 Å². The molecule has 1 heterocycles. The van der Waals surface area contributed by atoms with Crippen molar-refractivity contribution >= 4 is 5.91 Å². The van der Waals surface area contributed by atoms with Gasteiger partial charge in [0, 0.05) is 19.6 Å². The van der Waals surface area contributed by atoms with Crippen molar-refractivity contribution in [3.63, 3.8) is 0 Å². The summed E-state index contributed by atoms with van der Waals surface area (Å²) in [5, 5.41) is 3.22. The topological polar surface area (TPSA) is 44.8 Å². The third kappa shape index (κ3) is 7.04. The van der Waals surface area contributed by atoms with Crippen LogP contribution in [0.15, 0.2) is 48.5 Å². The van der Waals surface area contributed by atoms with Crippen molar-refractivity contribution < 1.29 is 13.9 Å². The normalized spacial score (nSPS) is 16.7. The van der Waals surface area contributed by atoms with Gasteiger partial charge < -0.3 is 10.1 Å². The Morgan fingerprint density at radius 2 is 1.65 bits per heavy atom. The predicted molar refractivity (Wildman–Crippen MR) is 121 cm³/mol. The lowest BCUT2D eigenvalue weighted by molar-refractivity contribution is -0.123. The van der Waals surface area contributed by atoms with Gasteiger partial charge in [-0.25, -0.2) is 4.39 Å². The average molecular weight is 428 g/mol. The molecule has 5 nitrogen and oxygen atoms in total. The lowest BCUT2D eigenvalue weighted by Crippen LogP contribution is -2.41. The highest BCUT2D eigenvalue weighted by atomic mass is 19.1. The number of rotatable bonds is 8. The second kappa shape index (κ2) is 11.3. The van der Waals surface area contributed by atoms with Gasteiger partial charge in [-0.15, -0.1) is 0 Å². The molecule has 1 aliphatic rings. The Bertz CT molecular complexity index is 824. The molecule has 0 radical (unpaired) electrons. The molecule has 1 unspecified atom stereocenters. The molecule has 1 saturated heterocycles. The van der Waals surface area contributed by atoms with Crippen molar-refractivity contribution in [3.8, 4) is 5.75 Å². The summed E-state index contributed by atoms with van der Waals surface area (Å²) in [6, 6.07) is 14.6. The zero-order chi connectivity index (χ0) is 22.2. The van der Waals surface area contributed by atoms with E-state index in [1.807, 2.05) is 36.4 Å². The molecule has 2 aromatic rings. The fraction of sp³-hybridized carbons (Fsp3) is 0.480. The lowest BCUT2D eigenvalue weighted by atomic mass is 9.96. The van der Waals surface area contributed by atoms with Crippen molar-refractivity contribution in [2.24, 2.45) is 5.92 Å². The van der Waals surface area contributed by atoms with Crippen molar-refractivity contribution in [1.82, 2.24) is 15.1 Å². The van der Waals surface area contributed by atoms with Gasteiger partial charge in [-0.2, -0.15) is 0 Å². The van der Waals surface area contributed by atoms with Gasteiger partial charge in [0.25, 0.3) is 0 Å². The number of amides is 1. The fourth-order valence-electron chi connectivity index (χ4n) is 4.06. The van der Waals surface area contributed by atoms with Crippen LogP contribution in [-0.4, -0.2) is 55.5 Å². The molecule has 1 atom stereocenters. The van der Waals surface area contributed by atoms with Crippen LogP contribution in [0.2, 0.25) is 0 Å². The van der Waals surface area contributed by atoms with Crippen LogP contribution in [0, 0.1) is 11.7 Å². The number of halogens is 1. The number of benzene rings is 2. The molecule has 1 amide bonds. The Balaban J connectivity index is 1.51. The Hall–Kier alpha value is -2.44. The number of methoxy groups -OCH3 is 1. The van der Waals surface area contributed by atoms with E-state index in [9.17, 15) is 9.18 Å². The molecular formula is C25H34FN3O2. The summed E-state index contributed by atoms with van der Waals surface area (Å²) in [6.07, 6.45) is 1.01. The Morgan fingerprint density at radius 3 is 2.29 bits per heavy atom.